The van der Waals surface area contributed by atoms with Gasteiger partial charge in [-0.15, -0.1) is 0 Å². The fraction of sp³-hybridized carbons (Fsp3) is 0.235. The van der Waals surface area contributed by atoms with Gasteiger partial charge in [-0.3, -0.25) is 14.6 Å². The van der Waals surface area contributed by atoms with E-state index in [0.717, 1.165) is 12.3 Å². The van der Waals surface area contributed by atoms with Crippen molar-refractivity contribution in [1.29, 1.82) is 0 Å². The van der Waals surface area contributed by atoms with Crippen LogP contribution in [0.1, 0.15) is 34.2 Å². The first-order chi connectivity index (χ1) is 12.4. The number of aromatic nitrogens is 4. The van der Waals surface area contributed by atoms with E-state index in [9.17, 15) is 14.4 Å². The van der Waals surface area contributed by atoms with Gasteiger partial charge in [0.05, 0.1) is 11.3 Å². The van der Waals surface area contributed by atoms with Crippen LogP contribution in [0.2, 0.25) is 0 Å². The summed E-state index contributed by atoms with van der Waals surface area (Å²) in [5.74, 6) is 0.0392. The number of rotatable bonds is 4. The van der Waals surface area contributed by atoms with E-state index < -0.39 is 11.5 Å². The summed E-state index contributed by atoms with van der Waals surface area (Å²) in [4.78, 5) is 42.6. The van der Waals surface area contributed by atoms with E-state index in [4.69, 9.17) is 4.42 Å². The molecule has 0 fully saturated rings. The van der Waals surface area contributed by atoms with Gasteiger partial charge in [-0.2, -0.15) is 9.78 Å². The largest absolute Gasteiger partial charge is 0.430 e. The Morgan fingerprint density at radius 1 is 1.31 bits per heavy atom. The number of carbonyl (C=O) groups is 1. The molecule has 3 aromatic rings. The van der Waals surface area contributed by atoms with E-state index in [-0.39, 0.29) is 17.1 Å². The highest BCUT2D eigenvalue weighted by Gasteiger charge is 2.16. The predicted molar refractivity (Wildman–Crippen MR) is 93.8 cm³/mol. The van der Waals surface area contributed by atoms with Crippen molar-refractivity contribution in [2.45, 2.75) is 27.2 Å². The normalized spacial score (nSPS) is 10.7. The van der Waals surface area contributed by atoms with Gasteiger partial charge in [0.25, 0.3) is 11.5 Å². The van der Waals surface area contributed by atoms with Gasteiger partial charge in [-0.1, -0.05) is 6.92 Å². The highest BCUT2D eigenvalue weighted by atomic mass is 16.4. The van der Waals surface area contributed by atoms with Crippen LogP contribution in [0.15, 0.2) is 38.5 Å². The number of anilines is 1. The topological polar surface area (TPSA) is 123 Å². The Balaban J connectivity index is 1.99. The second-order valence-corrected chi connectivity index (χ2v) is 5.69. The minimum atomic E-state index is -0.546. The average molecular weight is 355 g/mol. The zero-order valence-corrected chi connectivity index (χ0v) is 14.5. The van der Waals surface area contributed by atoms with Gasteiger partial charge in [-0.25, -0.2) is 9.78 Å². The van der Waals surface area contributed by atoms with E-state index in [1.165, 1.54) is 10.7 Å². The van der Waals surface area contributed by atoms with Gasteiger partial charge in [0.1, 0.15) is 12.1 Å². The Hall–Kier alpha value is -3.49. The fourth-order valence-electron chi connectivity index (χ4n) is 2.54. The molecule has 0 aromatic carbocycles. The highest BCUT2D eigenvalue weighted by Crippen LogP contribution is 2.15. The molecule has 0 spiro atoms. The van der Waals surface area contributed by atoms with E-state index in [0.29, 0.717) is 29.2 Å². The molecule has 2 N–H and O–H groups in total. The maximum Gasteiger partial charge on any atom is 0.335 e. The maximum atomic E-state index is 12.3. The van der Waals surface area contributed by atoms with E-state index in [1.54, 1.807) is 19.9 Å². The summed E-state index contributed by atoms with van der Waals surface area (Å²) in [6.07, 6.45) is 1.64. The van der Waals surface area contributed by atoms with Gasteiger partial charge < -0.3 is 9.73 Å². The SMILES string of the molecule is CCc1c(C)nc(-n2nc(C)cc2NC(=O)c2ccc(=O)oc2)[nH]c1=O. The molecule has 0 atom stereocenters. The van der Waals surface area contributed by atoms with Crippen LogP contribution in [0.5, 0.6) is 0 Å². The average Bonchev–Trinajstić information content (AvgIpc) is 2.95. The van der Waals surface area contributed by atoms with Gasteiger partial charge in [-0.05, 0) is 26.3 Å². The number of hydrogen-bond donors (Lipinski definition) is 2. The van der Waals surface area contributed by atoms with Crippen molar-refractivity contribution in [3.8, 4) is 5.95 Å². The molecule has 0 unspecified atom stereocenters. The molecule has 0 saturated heterocycles. The van der Waals surface area contributed by atoms with Crippen molar-refractivity contribution >= 4 is 11.7 Å². The third kappa shape index (κ3) is 3.32. The Bertz CT molecular complexity index is 1070. The molecule has 0 aliphatic carbocycles. The van der Waals surface area contributed by atoms with Crippen molar-refractivity contribution in [3.63, 3.8) is 0 Å². The number of aromatic amines is 1. The standard InChI is InChI=1S/C17H17N5O4/c1-4-12-10(3)18-17(20-16(12)25)22-13(7-9(2)21-22)19-15(24)11-5-6-14(23)26-8-11/h5-8H,4H2,1-3H3,(H,19,24)(H,18,20,25). The van der Waals surface area contributed by atoms with E-state index >= 15 is 0 Å². The van der Waals surface area contributed by atoms with E-state index in [2.05, 4.69) is 20.4 Å². The lowest BCUT2D eigenvalue weighted by Gasteiger charge is -2.09. The van der Waals surface area contributed by atoms with Gasteiger partial charge in [0.2, 0.25) is 5.95 Å². The minimum Gasteiger partial charge on any atom is -0.430 e. The summed E-state index contributed by atoms with van der Waals surface area (Å²) in [5, 5.41) is 6.95. The maximum absolute atomic E-state index is 12.3. The Labute approximate surface area is 147 Å². The predicted octanol–water partition coefficient (Wildman–Crippen LogP) is 1.34. The van der Waals surface area contributed by atoms with Crippen molar-refractivity contribution in [1.82, 2.24) is 19.7 Å². The number of hydrogen-bond acceptors (Lipinski definition) is 6. The lowest BCUT2D eigenvalue weighted by Crippen LogP contribution is -2.22. The molecule has 1 amide bonds. The molecule has 0 bridgehead atoms. The van der Waals surface area contributed by atoms with Crippen LogP contribution in [0.3, 0.4) is 0 Å². The molecule has 3 heterocycles. The van der Waals surface area contributed by atoms with Crippen molar-refractivity contribution in [2.75, 3.05) is 5.32 Å². The molecule has 26 heavy (non-hydrogen) atoms. The summed E-state index contributed by atoms with van der Waals surface area (Å²) in [6, 6.07) is 4.15. The van der Waals surface area contributed by atoms with Crippen LogP contribution in [0.4, 0.5) is 5.82 Å². The second kappa shape index (κ2) is 6.79. The Kier molecular flexibility index (Phi) is 4.53. The zero-order chi connectivity index (χ0) is 18.8. The number of carbonyl (C=O) groups excluding carboxylic acids is 1. The first-order valence-electron chi connectivity index (χ1n) is 7.96. The van der Waals surface area contributed by atoms with Crippen LogP contribution in [-0.4, -0.2) is 25.7 Å². The number of H-pyrrole nitrogens is 1. The lowest BCUT2D eigenvalue weighted by molar-refractivity contribution is 0.102. The smallest absolute Gasteiger partial charge is 0.335 e. The van der Waals surface area contributed by atoms with Gasteiger partial charge in [0.15, 0.2) is 0 Å². The summed E-state index contributed by atoms with van der Waals surface area (Å²) < 4.78 is 6.04. The molecule has 3 rings (SSSR count). The molecular weight excluding hydrogens is 338 g/mol. The van der Waals surface area contributed by atoms with Crippen LogP contribution >= 0.6 is 0 Å². The first-order valence-corrected chi connectivity index (χ1v) is 7.96. The first kappa shape index (κ1) is 17.3. The highest BCUT2D eigenvalue weighted by molar-refractivity contribution is 6.03. The summed E-state index contributed by atoms with van der Waals surface area (Å²) in [6.45, 7) is 5.37. The fourth-order valence-corrected chi connectivity index (χ4v) is 2.54. The third-order valence-corrected chi connectivity index (χ3v) is 3.80. The molecule has 0 aliphatic heterocycles. The van der Waals surface area contributed by atoms with Crippen molar-refractivity contribution in [2.24, 2.45) is 0 Å². The summed E-state index contributed by atoms with van der Waals surface area (Å²) >= 11 is 0. The molecule has 9 nitrogen and oxygen atoms in total. The minimum absolute atomic E-state index is 0.175. The number of nitrogens with one attached hydrogen (secondary N) is 2. The lowest BCUT2D eigenvalue weighted by atomic mass is 10.2. The number of amides is 1. The number of nitrogens with zero attached hydrogens (tertiary/aromatic N) is 3. The molecular formula is C17H17N5O4. The summed E-state index contributed by atoms with van der Waals surface area (Å²) in [5.41, 5.74) is 1.21. The number of aryl methyl sites for hydroxylation is 2. The second-order valence-electron chi connectivity index (χ2n) is 5.69. The molecule has 0 saturated carbocycles. The zero-order valence-electron chi connectivity index (χ0n) is 14.5. The third-order valence-electron chi connectivity index (χ3n) is 3.80. The molecule has 0 aliphatic rings. The van der Waals surface area contributed by atoms with Crippen LogP contribution < -0.4 is 16.5 Å². The molecule has 0 radical (unpaired) electrons. The monoisotopic (exact) mass is 355 g/mol. The van der Waals surface area contributed by atoms with Crippen molar-refractivity contribution < 1.29 is 9.21 Å². The van der Waals surface area contributed by atoms with Gasteiger partial charge >= 0.3 is 5.63 Å². The Morgan fingerprint density at radius 2 is 2.08 bits per heavy atom. The molecule has 9 heteroatoms. The quantitative estimate of drug-likeness (QED) is 0.728. The van der Waals surface area contributed by atoms with Crippen LogP contribution in [0, 0.1) is 13.8 Å². The van der Waals surface area contributed by atoms with E-state index in [1.807, 2.05) is 6.92 Å². The van der Waals surface area contributed by atoms with Crippen LogP contribution in [0.25, 0.3) is 5.95 Å². The molecule has 3 aromatic heterocycles. The van der Waals surface area contributed by atoms with Crippen LogP contribution in [-0.2, 0) is 6.42 Å². The summed E-state index contributed by atoms with van der Waals surface area (Å²) in [7, 11) is 0. The van der Waals surface area contributed by atoms with Gasteiger partial charge in [0, 0.05) is 23.4 Å². The molecule has 134 valence electrons. The van der Waals surface area contributed by atoms with Crippen molar-refractivity contribution in [3.05, 3.63) is 67.8 Å². The Morgan fingerprint density at radius 3 is 2.69 bits per heavy atom.